The van der Waals surface area contributed by atoms with Crippen molar-refractivity contribution in [2.45, 2.75) is 18.7 Å². The molecule has 0 heterocycles. The molecule has 0 saturated heterocycles. The van der Waals surface area contributed by atoms with Crippen molar-refractivity contribution in [2.75, 3.05) is 37.4 Å². The van der Waals surface area contributed by atoms with E-state index in [-0.39, 0.29) is 28.5 Å². The second kappa shape index (κ2) is 9.32. The number of rotatable bonds is 9. The van der Waals surface area contributed by atoms with Crippen molar-refractivity contribution < 1.29 is 27.4 Å². The maximum absolute atomic E-state index is 12.9. The molecule has 0 radical (unpaired) electrons. The van der Waals surface area contributed by atoms with Crippen LogP contribution in [0.2, 0.25) is 0 Å². The highest BCUT2D eigenvalue weighted by atomic mass is 32.2. The van der Waals surface area contributed by atoms with Gasteiger partial charge in [-0.05, 0) is 44.2 Å². The van der Waals surface area contributed by atoms with Crippen LogP contribution >= 0.6 is 0 Å². The van der Waals surface area contributed by atoms with E-state index >= 15 is 0 Å². The molecule has 0 aromatic heterocycles. The Morgan fingerprint density at radius 2 is 1.68 bits per heavy atom. The first-order valence-corrected chi connectivity index (χ1v) is 10.1. The molecule has 9 heteroatoms. The summed E-state index contributed by atoms with van der Waals surface area (Å²) in [7, 11) is -1.05. The molecule has 0 bridgehead atoms. The van der Waals surface area contributed by atoms with E-state index < -0.39 is 16.0 Å². The second-order valence-electron chi connectivity index (χ2n) is 5.63. The van der Waals surface area contributed by atoms with Gasteiger partial charge in [-0.3, -0.25) is 4.72 Å². The van der Waals surface area contributed by atoms with Crippen molar-refractivity contribution in [3.63, 3.8) is 0 Å². The molecule has 0 unspecified atom stereocenters. The fraction of sp³-hybridized carbons (Fsp3) is 0.316. The van der Waals surface area contributed by atoms with Crippen LogP contribution in [0.3, 0.4) is 0 Å². The Balaban J connectivity index is 2.43. The molecule has 0 spiro atoms. The lowest BCUT2D eigenvalue weighted by molar-refractivity contribution is 0.0526. The average Bonchev–Trinajstić information content (AvgIpc) is 2.68. The van der Waals surface area contributed by atoms with Crippen LogP contribution in [0.25, 0.3) is 0 Å². The Bertz CT molecular complexity index is 943. The van der Waals surface area contributed by atoms with Gasteiger partial charge in [0.05, 0.1) is 42.7 Å². The van der Waals surface area contributed by atoms with Crippen molar-refractivity contribution >= 4 is 27.4 Å². The number of hydrogen-bond acceptors (Lipinski definition) is 7. The normalized spacial score (nSPS) is 10.9. The zero-order chi connectivity index (χ0) is 20.7. The fourth-order valence-electron chi connectivity index (χ4n) is 2.50. The molecule has 8 nitrogen and oxygen atoms in total. The molecule has 2 aromatic carbocycles. The number of nitrogens with one attached hydrogen (secondary N) is 2. The zero-order valence-electron chi connectivity index (χ0n) is 16.2. The van der Waals surface area contributed by atoms with Crippen LogP contribution < -0.4 is 19.5 Å². The van der Waals surface area contributed by atoms with E-state index in [1.54, 1.807) is 19.1 Å². The number of benzene rings is 2. The van der Waals surface area contributed by atoms with Crippen molar-refractivity contribution in [3.05, 3.63) is 42.0 Å². The molecule has 0 aliphatic rings. The summed E-state index contributed by atoms with van der Waals surface area (Å²) < 4.78 is 43.6. The molecular formula is C19H24N2O6S. The SMILES string of the molecule is CCNc1ccc(C(=O)OCC)cc1NS(=O)(=O)c1ccc(OC)c(OC)c1. The van der Waals surface area contributed by atoms with Crippen molar-refractivity contribution in [1.29, 1.82) is 0 Å². The van der Waals surface area contributed by atoms with E-state index in [4.69, 9.17) is 14.2 Å². The minimum Gasteiger partial charge on any atom is -0.493 e. The quantitative estimate of drug-likeness (QED) is 0.615. The van der Waals surface area contributed by atoms with Crippen LogP contribution in [0, 0.1) is 0 Å². The summed E-state index contributed by atoms with van der Waals surface area (Å²) in [6, 6.07) is 8.92. The third-order valence-electron chi connectivity index (χ3n) is 3.81. The Morgan fingerprint density at radius 1 is 0.964 bits per heavy atom. The Labute approximate surface area is 164 Å². The van der Waals surface area contributed by atoms with Gasteiger partial charge in [-0.25, -0.2) is 13.2 Å². The highest BCUT2D eigenvalue weighted by Crippen LogP contribution is 2.31. The standard InChI is InChI=1S/C19H24N2O6S/c1-5-20-15-9-7-13(19(22)27-6-2)11-16(15)21-28(23,24)14-8-10-17(25-3)18(12-14)26-4/h7-12,20-21H,5-6H2,1-4H3. The van der Waals surface area contributed by atoms with Crippen LogP contribution in [0.15, 0.2) is 41.3 Å². The average molecular weight is 408 g/mol. The predicted molar refractivity (Wildman–Crippen MR) is 107 cm³/mol. The monoisotopic (exact) mass is 408 g/mol. The first kappa shape index (κ1) is 21.4. The minimum atomic E-state index is -3.94. The van der Waals surface area contributed by atoms with E-state index in [1.165, 1.54) is 38.5 Å². The van der Waals surface area contributed by atoms with Gasteiger partial charge in [0.2, 0.25) is 0 Å². The van der Waals surface area contributed by atoms with Crippen LogP contribution in [-0.4, -0.2) is 41.8 Å². The number of carbonyl (C=O) groups excluding carboxylic acids is 1. The number of hydrogen-bond donors (Lipinski definition) is 2. The molecule has 28 heavy (non-hydrogen) atoms. The third-order valence-corrected chi connectivity index (χ3v) is 5.17. The van der Waals surface area contributed by atoms with E-state index in [1.807, 2.05) is 6.92 Å². The maximum Gasteiger partial charge on any atom is 0.338 e. The van der Waals surface area contributed by atoms with Gasteiger partial charge in [-0.2, -0.15) is 0 Å². The first-order chi connectivity index (χ1) is 13.4. The Morgan fingerprint density at radius 3 is 2.29 bits per heavy atom. The van der Waals surface area contributed by atoms with Gasteiger partial charge in [0.1, 0.15) is 0 Å². The molecule has 2 rings (SSSR count). The maximum atomic E-state index is 12.9. The molecule has 2 N–H and O–H groups in total. The summed E-state index contributed by atoms with van der Waals surface area (Å²) in [6.07, 6.45) is 0. The first-order valence-electron chi connectivity index (χ1n) is 8.66. The molecule has 0 atom stereocenters. The van der Waals surface area contributed by atoms with Crippen LogP contribution in [-0.2, 0) is 14.8 Å². The Kier molecular flexibility index (Phi) is 7.11. The van der Waals surface area contributed by atoms with E-state index in [2.05, 4.69) is 10.0 Å². The lowest BCUT2D eigenvalue weighted by Gasteiger charge is -2.16. The minimum absolute atomic E-state index is 0.00543. The summed E-state index contributed by atoms with van der Waals surface area (Å²) in [4.78, 5) is 12.0. The molecule has 0 saturated carbocycles. The van der Waals surface area contributed by atoms with E-state index in [9.17, 15) is 13.2 Å². The summed E-state index contributed by atoms with van der Waals surface area (Å²) in [5.74, 6) is 0.175. The van der Waals surface area contributed by atoms with Crippen molar-refractivity contribution in [3.8, 4) is 11.5 Å². The topological polar surface area (TPSA) is 103 Å². The van der Waals surface area contributed by atoms with Crippen LogP contribution in [0.5, 0.6) is 11.5 Å². The highest BCUT2D eigenvalue weighted by Gasteiger charge is 2.20. The van der Waals surface area contributed by atoms with Crippen molar-refractivity contribution in [2.24, 2.45) is 0 Å². The summed E-state index contributed by atoms with van der Waals surface area (Å²) in [5, 5.41) is 3.07. The number of anilines is 2. The highest BCUT2D eigenvalue weighted by molar-refractivity contribution is 7.92. The van der Waals surface area contributed by atoms with E-state index in [0.29, 0.717) is 18.0 Å². The molecule has 2 aromatic rings. The Hall–Kier alpha value is -2.94. The lowest BCUT2D eigenvalue weighted by Crippen LogP contribution is -2.16. The molecule has 0 fully saturated rings. The number of methoxy groups -OCH3 is 2. The third kappa shape index (κ3) is 4.86. The lowest BCUT2D eigenvalue weighted by atomic mass is 10.1. The van der Waals surface area contributed by atoms with Gasteiger partial charge in [-0.15, -0.1) is 0 Å². The number of ether oxygens (including phenoxy) is 3. The molecular weight excluding hydrogens is 384 g/mol. The summed E-state index contributed by atoms with van der Waals surface area (Å²) in [6.45, 7) is 4.38. The van der Waals surface area contributed by atoms with Gasteiger partial charge in [0, 0.05) is 12.6 Å². The number of esters is 1. The number of carbonyl (C=O) groups is 1. The van der Waals surface area contributed by atoms with Crippen LogP contribution in [0.4, 0.5) is 11.4 Å². The smallest absolute Gasteiger partial charge is 0.338 e. The summed E-state index contributed by atoms with van der Waals surface area (Å²) >= 11 is 0. The zero-order valence-corrected chi connectivity index (χ0v) is 17.1. The van der Waals surface area contributed by atoms with Crippen molar-refractivity contribution in [1.82, 2.24) is 0 Å². The molecule has 0 aliphatic carbocycles. The molecule has 0 amide bonds. The molecule has 152 valence electrons. The second-order valence-corrected chi connectivity index (χ2v) is 7.32. The summed E-state index contributed by atoms with van der Waals surface area (Å²) in [5.41, 5.74) is 1.02. The largest absolute Gasteiger partial charge is 0.493 e. The predicted octanol–water partition coefficient (Wildman–Crippen LogP) is 3.11. The van der Waals surface area contributed by atoms with Gasteiger partial charge in [-0.1, -0.05) is 0 Å². The van der Waals surface area contributed by atoms with Gasteiger partial charge >= 0.3 is 5.97 Å². The fourth-order valence-corrected chi connectivity index (χ4v) is 3.59. The van der Waals surface area contributed by atoms with Crippen LogP contribution in [0.1, 0.15) is 24.2 Å². The van der Waals surface area contributed by atoms with Gasteiger partial charge in [0.15, 0.2) is 11.5 Å². The number of sulfonamides is 1. The molecule has 0 aliphatic heterocycles. The van der Waals surface area contributed by atoms with Gasteiger partial charge in [0.25, 0.3) is 10.0 Å². The van der Waals surface area contributed by atoms with Gasteiger partial charge < -0.3 is 19.5 Å². The van der Waals surface area contributed by atoms with E-state index in [0.717, 1.165) is 0 Å².